The van der Waals surface area contributed by atoms with E-state index in [1.165, 1.54) is 0 Å². The van der Waals surface area contributed by atoms with Crippen molar-refractivity contribution >= 4 is 0 Å². The van der Waals surface area contributed by atoms with Crippen LogP contribution in [0.25, 0.3) is 11.1 Å². The average Bonchev–Trinajstić information content (AvgIpc) is 3.17. The van der Waals surface area contributed by atoms with E-state index in [1.54, 1.807) is 13.3 Å². The molecule has 5 nitrogen and oxygen atoms in total. The third-order valence-electron chi connectivity index (χ3n) is 3.98. The first kappa shape index (κ1) is 17.3. The van der Waals surface area contributed by atoms with Crippen LogP contribution in [-0.4, -0.2) is 28.9 Å². The van der Waals surface area contributed by atoms with Crippen LogP contribution in [0, 0.1) is 0 Å². The Bertz CT molecular complexity index is 738. The van der Waals surface area contributed by atoms with Gasteiger partial charge in [0.2, 0.25) is 0 Å². The van der Waals surface area contributed by atoms with Gasteiger partial charge in [0, 0.05) is 43.4 Å². The molecule has 1 aromatic carbocycles. The Morgan fingerprint density at radius 2 is 1.80 bits per heavy atom. The third-order valence-corrected chi connectivity index (χ3v) is 3.98. The van der Waals surface area contributed by atoms with E-state index < -0.39 is 0 Å². The van der Waals surface area contributed by atoms with Crippen LogP contribution < -0.4 is 0 Å². The fourth-order valence-electron chi connectivity index (χ4n) is 2.65. The predicted octanol–water partition coefficient (Wildman–Crippen LogP) is 3.77. The molecule has 0 spiro atoms. The standard InChI is InChI=1S/C20H23N3O2/c1-24-15-25-14-16-5-7-17(8-6-16)18-9-10-19(23-13-18)3-2-4-20-21-11-12-22-20/h5-13H,2-4,14-15H2,1H3,(H,21,22). The first-order chi connectivity index (χ1) is 12.3. The van der Waals surface area contributed by atoms with Crippen molar-refractivity contribution in [2.45, 2.75) is 25.9 Å². The molecule has 130 valence electrons. The molecule has 2 aromatic heterocycles. The van der Waals surface area contributed by atoms with Gasteiger partial charge in [0.1, 0.15) is 12.6 Å². The first-order valence-electron chi connectivity index (χ1n) is 8.44. The van der Waals surface area contributed by atoms with E-state index in [9.17, 15) is 0 Å². The van der Waals surface area contributed by atoms with Gasteiger partial charge < -0.3 is 14.5 Å². The number of hydrogen-bond donors (Lipinski definition) is 1. The van der Waals surface area contributed by atoms with Crippen LogP contribution in [0.4, 0.5) is 0 Å². The monoisotopic (exact) mass is 337 g/mol. The van der Waals surface area contributed by atoms with E-state index in [0.717, 1.165) is 47.5 Å². The molecule has 0 saturated carbocycles. The van der Waals surface area contributed by atoms with Crippen molar-refractivity contribution in [2.75, 3.05) is 13.9 Å². The molecule has 0 radical (unpaired) electrons. The van der Waals surface area contributed by atoms with Gasteiger partial charge in [-0.25, -0.2) is 4.98 Å². The summed E-state index contributed by atoms with van der Waals surface area (Å²) in [7, 11) is 1.62. The number of aryl methyl sites for hydroxylation is 2. The molecular weight excluding hydrogens is 314 g/mol. The molecule has 0 aliphatic rings. The molecule has 5 heteroatoms. The van der Waals surface area contributed by atoms with Crippen molar-refractivity contribution in [2.24, 2.45) is 0 Å². The van der Waals surface area contributed by atoms with Crippen molar-refractivity contribution in [3.05, 3.63) is 72.1 Å². The van der Waals surface area contributed by atoms with Gasteiger partial charge in [-0.3, -0.25) is 4.98 Å². The van der Waals surface area contributed by atoms with Crippen LogP contribution in [0.2, 0.25) is 0 Å². The maximum absolute atomic E-state index is 5.35. The molecule has 0 aliphatic carbocycles. The lowest BCUT2D eigenvalue weighted by Gasteiger charge is -2.06. The van der Waals surface area contributed by atoms with Gasteiger partial charge in [0.15, 0.2) is 0 Å². The van der Waals surface area contributed by atoms with E-state index >= 15 is 0 Å². The molecule has 0 amide bonds. The molecule has 0 aliphatic heterocycles. The minimum atomic E-state index is 0.313. The van der Waals surface area contributed by atoms with E-state index in [0.29, 0.717) is 13.4 Å². The molecule has 0 bridgehead atoms. The highest BCUT2D eigenvalue weighted by Crippen LogP contribution is 2.20. The minimum Gasteiger partial charge on any atom is -0.359 e. The number of pyridine rings is 1. The number of aromatic amines is 1. The van der Waals surface area contributed by atoms with Crippen LogP contribution in [-0.2, 0) is 28.9 Å². The van der Waals surface area contributed by atoms with Crippen molar-refractivity contribution in [3.8, 4) is 11.1 Å². The lowest BCUT2D eigenvalue weighted by Crippen LogP contribution is -1.97. The Kier molecular flexibility index (Phi) is 6.31. The fourth-order valence-corrected chi connectivity index (χ4v) is 2.65. The molecule has 3 aromatic rings. The lowest BCUT2D eigenvalue weighted by atomic mass is 10.0. The van der Waals surface area contributed by atoms with Crippen molar-refractivity contribution in [1.82, 2.24) is 15.0 Å². The van der Waals surface area contributed by atoms with Crippen LogP contribution in [0.15, 0.2) is 55.0 Å². The van der Waals surface area contributed by atoms with Gasteiger partial charge in [-0.05, 0) is 30.0 Å². The second-order valence-electron chi connectivity index (χ2n) is 5.88. The Labute approximate surface area is 148 Å². The maximum atomic E-state index is 5.35. The van der Waals surface area contributed by atoms with Gasteiger partial charge in [0.25, 0.3) is 0 Å². The van der Waals surface area contributed by atoms with Crippen molar-refractivity contribution in [1.29, 1.82) is 0 Å². The summed E-state index contributed by atoms with van der Waals surface area (Å²) >= 11 is 0. The lowest BCUT2D eigenvalue weighted by molar-refractivity contribution is -0.0390. The molecular formula is C20H23N3O2. The van der Waals surface area contributed by atoms with Gasteiger partial charge in [0.05, 0.1) is 6.61 Å². The summed E-state index contributed by atoms with van der Waals surface area (Å²) in [6, 6.07) is 12.6. The first-order valence-corrected chi connectivity index (χ1v) is 8.44. The highest BCUT2D eigenvalue weighted by atomic mass is 16.7. The zero-order valence-corrected chi connectivity index (χ0v) is 14.4. The number of methoxy groups -OCH3 is 1. The van der Waals surface area contributed by atoms with E-state index in [1.807, 2.05) is 12.4 Å². The largest absolute Gasteiger partial charge is 0.359 e. The summed E-state index contributed by atoms with van der Waals surface area (Å²) in [5, 5.41) is 0. The molecule has 0 atom stereocenters. The highest BCUT2D eigenvalue weighted by Gasteiger charge is 2.02. The highest BCUT2D eigenvalue weighted by molar-refractivity contribution is 5.62. The number of rotatable bonds is 9. The molecule has 25 heavy (non-hydrogen) atoms. The van der Waals surface area contributed by atoms with Crippen LogP contribution in [0.5, 0.6) is 0 Å². The Morgan fingerprint density at radius 3 is 2.48 bits per heavy atom. The molecule has 3 rings (SSSR count). The second kappa shape index (κ2) is 9.11. The predicted molar refractivity (Wildman–Crippen MR) is 97.0 cm³/mol. The Hall–Kier alpha value is -2.50. The SMILES string of the molecule is COCOCc1ccc(-c2ccc(CCCc3ncc[nH]3)nc2)cc1. The van der Waals surface area contributed by atoms with Gasteiger partial charge in [-0.2, -0.15) is 0 Å². The topological polar surface area (TPSA) is 60.0 Å². The summed E-state index contributed by atoms with van der Waals surface area (Å²) in [5.74, 6) is 1.03. The number of nitrogens with one attached hydrogen (secondary N) is 1. The molecule has 0 saturated heterocycles. The summed E-state index contributed by atoms with van der Waals surface area (Å²) in [6.07, 6.45) is 8.53. The van der Waals surface area contributed by atoms with Crippen LogP contribution in [0.1, 0.15) is 23.5 Å². The number of benzene rings is 1. The normalized spacial score (nSPS) is 10.9. The van der Waals surface area contributed by atoms with Crippen molar-refractivity contribution < 1.29 is 9.47 Å². The second-order valence-corrected chi connectivity index (χ2v) is 5.88. The van der Waals surface area contributed by atoms with Gasteiger partial charge in [-0.15, -0.1) is 0 Å². The molecule has 1 N–H and O–H groups in total. The summed E-state index contributed by atoms with van der Waals surface area (Å²) in [5.41, 5.74) is 4.52. The number of hydrogen-bond acceptors (Lipinski definition) is 4. The third kappa shape index (κ3) is 5.24. The zero-order chi connectivity index (χ0) is 17.3. The number of nitrogens with zero attached hydrogens (tertiary/aromatic N) is 2. The van der Waals surface area contributed by atoms with Gasteiger partial charge >= 0.3 is 0 Å². The molecule has 0 unspecified atom stereocenters. The molecule has 0 fully saturated rings. The van der Waals surface area contributed by atoms with E-state index in [4.69, 9.17) is 9.47 Å². The smallest absolute Gasteiger partial charge is 0.146 e. The van der Waals surface area contributed by atoms with Crippen LogP contribution >= 0.6 is 0 Å². The van der Waals surface area contributed by atoms with E-state index in [2.05, 4.69) is 51.4 Å². The quantitative estimate of drug-likeness (QED) is 0.477. The maximum Gasteiger partial charge on any atom is 0.146 e. The minimum absolute atomic E-state index is 0.313. The molecule has 2 heterocycles. The number of aromatic nitrogens is 3. The summed E-state index contributed by atoms with van der Waals surface area (Å²) < 4.78 is 10.2. The Morgan fingerprint density at radius 1 is 0.960 bits per heavy atom. The van der Waals surface area contributed by atoms with Gasteiger partial charge in [-0.1, -0.05) is 30.3 Å². The number of ether oxygens (including phenoxy) is 2. The zero-order valence-electron chi connectivity index (χ0n) is 14.4. The summed E-state index contributed by atoms with van der Waals surface area (Å²) in [4.78, 5) is 12.0. The number of imidazole rings is 1. The number of H-pyrrole nitrogens is 1. The van der Waals surface area contributed by atoms with Crippen LogP contribution in [0.3, 0.4) is 0 Å². The Balaban J connectivity index is 1.52. The van der Waals surface area contributed by atoms with Crippen molar-refractivity contribution in [3.63, 3.8) is 0 Å². The van der Waals surface area contributed by atoms with E-state index in [-0.39, 0.29) is 0 Å². The summed E-state index contributed by atoms with van der Waals surface area (Å²) in [6.45, 7) is 0.869. The fraction of sp³-hybridized carbons (Fsp3) is 0.300. The average molecular weight is 337 g/mol.